The quantitative estimate of drug-likeness (QED) is 0.585. The van der Waals surface area contributed by atoms with E-state index in [-0.39, 0.29) is 31.1 Å². The summed E-state index contributed by atoms with van der Waals surface area (Å²) >= 11 is 0. The van der Waals surface area contributed by atoms with Gasteiger partial charge in [0.25, 0.3) is 5.56 Å². The number of fused-ring (bicyclic) bond motifs is 1. The van der Waals surface area contributed by atoms with Crippen molar-refractivity contribution in [3.8, 4) is 17.2 Å². The molecule has 2 aromatic carbocycles. The number of nitrogens with one attached hydrogen (secondary N) is 1. The molecule has 9 nitrogen and oxygen atoms in total. The maximum atomic E-state index is 12.8. The van der Waals surface area contributed by atoms with E-state index in [0.29, 0.717) is 28.2 Å². The maximum absolute atomic E-state index is 12.8. The Kier molecular flexibility index (Phi) is 6.64. The van der Waals surface area contributed by atoms with E-state index in [1.54, 1.807) is 43.3 Å². The topological polar surface area (TPSA) is 101 Å². The van der Waals surface area contributed by atoms with E-state index in [0.717, 1.165) is 10.1 Å². The van der Waals surface area contributed by atoms with Crippen molar-refractivity contribution in [2.75, 3.05) is 21.3 Å². The van der Waals surface area contributed by atoms with Gasteiger partial charge in [-0.15, -0.1) is 0 Å². The second kappa shape index (κ2) is 9.38. The Labute approximate surface area is 178 Å². The number of amides is 1. The zero-order valence-corrected chi connectivity index (χ0v) is 17.9. The lowest BCUT2D eigenvalue weighted by Gasteiger charge is -2.15. The molecule has 1 heterocycles. The van der Waals surface area contributed by atoms with Crippen molar-refractivity contribution in [1.29, 1.82) is 0 Å². The molecular weight excluding hydrogens is 402 g/mol. The van der Waals surface area contributed by atoms with E-state index < -0.39 is 5.69 Å². The van der Waals surface area contributed by atoms with Crippen LogP contribution in [-0.2, 0) is 24.4 Å². The van der Waals surface area contributed by atoms with Gasteiger partial charge in [-0.05, 0) is 36.8 Å². The Hall–Kier alpha value is -3.75. The van der Waals surface area contributed by atoms with Gasteiger partial charge in [-0.2, -0.15) is 0 Å². The summed E-state index contributed by atoms with van der Waals surface area (Å²) in [6, 6.07) is 10.2. The zero-order chi connectivity index (χ0) is 22.5. The lowest BCUT2D eigenvalue weighted by atomic mass is 10.1. The molecular formula is C22H25N3O6. The number of hydrogen-bond acceptors (Lipinski definition) is 6. The summed E-state index contributed by atoms with van der Waals surface area (Å²) in [5.41, 5.74) is 0.273. The summed E-state index contributed by atoms with van der Waals surface area (Å²) in [4.78, 5) is 38.0. The third-order valence-electron chi connectivity index (χ3n) is 4.96. The molecule has 0 aliphatic rings. The van der Waals surface area contributed by atoms with E-state index in [4.69, 9.17) is 14.2 Å². The molecule has 0 saturated carbocycles. The minimum atomic E-state index is -0.519. The number of para-hydroxylation sites is 1. The van der Waals surface area contributed by atoms with Gasteiger partial charge in [0.1, 0.15) is 6.54 Å². The number of hydrogen-bond donors (Lipinski definition) is 1. The predicted molar refractivity (Wildman–Crippen MR) is 116 cm³/mol. The lowest BCUT2D eigenvalue weighted by molar-refractivity contribution is -0.121. The third-order valence-corrected chi connectivity index (χ3v) is 4.96. The molecule has 0 spiro atoms. The van der Waals surface area contributed by atoms with Crippen LogP contribution in [0.3, 0.4) is 0 Å². The highest BCUT2D eigenvalue weighted by atomic mass is 16.5. The number of rotatable bonds is 8. The molecule has 31 heavy (non-hydrogen) atoms. The zero-order valence-electron chi connectivity index (χ0n) is 17.9. The predicted octanol–water partition coefficient (Wildman–Crippen LogP) is 1.53. The summed E-state index contributed by atoms with van der Waals surface area (Å²) < 4.78 is 18.4. The molecule has 0 aliphatic carbocycles. The molecule has 1 amide bonds. The highest BCUT2D eigenvalue weighted by molar-refractivity contribution is 5.81. The van der Waals surface area contributed by atoms with Crippen LogP contribution in [0.15, 0.2) is 46.0 Å². The Morgan fingerprint density at radius 1 is 0.968 bits per heavy atom. The molecule has 0 radical (unpaired) electrons. The average Bonchev–Trinajstić information content (AvgIpc) is 2.79. The summed E-state index contributed by atoms with van der Waals surface area (Å²) in [5.74, 6) is 1.04. The monoisotopic (exact) mass is 427 g/mol. The minimum Gasteiger partial charge on any atom is -0.493 e. The van der Waals surface area contributed by atoms with Crippen LogP contribution < -0.4 is 30.8 Å². The molecule has 0 saturated heterocycles. The summed E-state index contributed by atoms with van der Waals surface area (Å²) in [6.07, 6.45) is 0. The molecule has 164 valence electrons. The van der Waals surface area contributed by atoms with Gasteiger partial charge in [-0.1, -0.05) is 12.1 Å². The van der Waals surface area contributed by atoms with Gasteiger partial charge in [0.05, 0.1) is 32.2 Å². The second-order valence-electron chi connectivity index (χ2n) is 6.75. The van der Waals surface area contributed by atoms with E-state index in [2.05, 4.69) is 5.32 Å². The first kappa shape index (κ1) is 21.9. The number of nitrogens with zero attached hydrogens (tertiary/aromatic N) is 2. The van der Waals surface area contributed by atoms with Crippen LogP contribution in [0.2, 0.25) is 0 Å². The van der Waals surface area contributed by atoms with Crippen molar-refractivity contribution >= 4 is 16.8 Å². The SMILES string of the molecule is CCn1c(=O)c2ccccc2n(CC(=O)NCc2cc(OC)c(OC)c(OC)c2)c1=O. The van der Waals surface area contributed by atoms with Crippen molar-refractivity contribution in [3.63, 3.8) is 0 Å². The number of carbonyl (C=O) groups excluding carboxylic acids is 1. The van der Waals surface area contributed by atoms with Crippen molar-refractivity contribution in [2.24, 2.45) is 0 Å². The smallest absolute Gasteiger partial charge is 0.331 e. The Morgan fingerprint density at radius 2 is 1.61 bits per heavy atom. The number of methoxy groups -OCH3 is 3. The van der Waals surface area contributed by atoms with Crippen molar-refractivity contribution in [3.05, 3.63) is 62.8 Å². The molecule has 0 aliphatic heterocycles. The van der Waals surface area contributed by atoms with Gasteiger partial charge in [0, 0.05) is 13.1 Å². The highest BCUT2D eigenvalue weighted by Crippen LogP contribution is 2.38. The van der Waals surface area contributed by atoms with E-state index in [1.165, 1.54) is 25.9 Å². The lowest BCUT2D eigenvalue weighted by Crippen LogP contribution is -2.42. The average molecular weight is 427 g/mol. The van der Waals surface area contributed by atoms with Crippen LogP contribution in [0.5, 0.6) is 17.2 Å². The number of carbonyl (C=O) groups is 1. The van der Waals surface area contributed by atoms with Crippen LogP contribution in [0.1, 0.15) is 12.5 Å². The summed E-state index contributed by atoms with van der Waals surface area (Å²) in [5, 5.41) is 3.18. The van der Waals surface area contributed by atoms with Crippen LogP contribution in [-0.4, -0.2) is 36.4 Å². The molecule has 0 atom stereocenters. The largest absolute Gasteiger partial charge is 0.493 e. The number of benzene rings is 2. The van der Waals surface area contributed by atoms with Crippen molar-refractivity contribution in [1.82, 2.24) is 14.5 Å². The molecule has 0 fully saturated rings. The summed E-state index contributed by atoms with van der Waals surface area (Å²) in [7, 11) is 4.54. The number of aromatic nitrogens is 2. The van der Waals surface area contributed by atoms with Gasteiger partial charge in [0.2, 0.25) is 11.7 Å². The standard InChI is InChI=1S/C22H25N3O6/c1-5-24-21(27)15-8-6-7-9-16(15)25(22(24)28)13-19(26)23-12-14-10-17(29-2)20(31-4)18(11-14)30-3/h6-11H,5,12-13H2,1-4H3,(H,23,26). The first-order valence-corrected chi connectivity index (χ1v) is 9.73. The molecule has 1 aromatic heterocycles. The van der Waals surface area contributed by atoms with Gasteiger partial charge >= 0.3 is 5.69 Å². The van der Waals surface area contributed by atoms with E-state index in [9.17, 15) is 14.4 Å². The Morgan fingerprint density at radius 3 is 2.19 bits per heavy atom. The third kappa shape index (κ3) is 4.25. The van der Waals surface area contributed by atoms with Crippen molar-refractivity contribution < 1.29 is 19.0 Å². The number of ether oxygens (including phenoxy) is 3. The normalized spacial score (nSPS) is 10.7. The fourth-order valence-corrected chi connectivity index (χ4v) is 3.44. The fourth-order valence-electron chi connectivity index (χ4n) is 3.44. The Bertz CT molecular complexity index is 1200. The Balaban J connectivity index is 1.87. The first-order valence-electron chi connectivity index (χ1n) is 9.73. The van der Waals surface area contributed by atoms with Crippen LogP contribution in [0.4, 0.5) is 0 Å². The van der Waals surface area contributed by atoms with Crippen LogP contribution >= 0.6 is 0 Å². The van der Waals surface area contributed by atoms with Crippen LogP contribution in [0, 0.1) is 0 Å². The van der Waals surface area contributed by atoms with Gasteiger partial charge in [0.15, 0.2) is 11.5 Å². The van der Waals surface area contributed by atoms with E-state index >= 15 is 0 Å². The molecule has 0 unspecified atom stereocenters. The van der Waals surface area contributed by atoms with Gasteiger partial charge in [-0.3, -0.25) is 18.7 Å². The molecule has 1 N–H and O–H groups in total. The first-order chi connectivity index (χ1) is 14.9. The van der Waals surface area contributed by atoms with Gasteiger partial charge in [-0.25, -0.2) is 4.79 Å². The highest BCUT2D eigenvalue weighted by Gasteiger charge is 2.16. The van der Waals surface area contributed by atoms with Crippen LogP contribution in [0.25, 0.3) is 10.9 Å². The summed E-state index contributed by atoms with van der Waals surface area (Å²) in [6.45, 7) is 1.90. The second-order valence-corrected chi connectivity index (χ2v) is 6.75. The molecule has 0 bridgehead atoms. The molecule has 3 rings (SSSR count). The van der Waals surface area contributed by atoms with Crippen molar-refractivity contribution in [2.45, 2.75) is 26.6 Å². The van der Waals surface area contributed by atoms with Gasteiger partial charge < -0.3 is 19.5 Å². The minimum absolute atomic E-state index is 0.190. The molecule has 3 aromatic rings. The van der Waals surface area contributed by atoms with E-state index in [1.807, 2.05) is 0 Å². The fraction of sp³-hybridized carbons (Fsp3) is 0.318. The molecule has 9 heteroatoms. The maximum Gasteiger partial charge on any atom is 0.331 e.